The van der Waals surface area contributed by atoms with E-state index in [1.807, 2.05) is 0 Å². The molecule has 2 atom stereocenters. The van der Waals surface area contributed by atoms with Gasteiger partial charge >= 0.3 is 11.9 Å². The lowest BCUT2D eigenvalue weighted by atomic mass is 9.84. The van der Waals surface area contributed by atoms with Crippen LogP contribution in [0.5, 0.6) is 0 Å². The van der Waals surface area contributed by atoms with Crippen LogP contribution in [0.25, 0.3) is 5.53 Å². The Labute approximate surface area is 92.5 Å². The number of aliphatic carboxylic acids is 2. The first-order valence-electron chi connectivity index (χ1n) is 5.22. The van der Waals surface area contributed by atoms with Crippen LogP contribution in [-0.2, 0) is 9.59 Å². The molecule has 6 nitrogen and oxygen atoms in total. The minimum Gasteiger partial charge on any atom is -0.481 e. The molecule has 0 aromatic carbocycles. The van der Waals surface area contributed by atoms with Gasteiger partial charge in [0.1, 0.15) is 0 Å². The second-order valence-electron chi connectivity index (χ2n) is 3.99. The first-order chi connectivity index (χ1) is 7.56. The molecule has 88 valence electrons. The molecule has 6 heteroatoms. The van der Waals surface area contributed by atoms with Crippen LogP contribution in [0.2, 0.25) is 0 Å². The summed E-state index contributed by atoms with van der Waals surface area (Å²) in [5, 5.41) is 17.8. The largest absolute Gasteiger partial charge is 0.481 e. The molecule has 1 saturated carbocycles. The van der Waals surface area contributed by atoms with Crippen molar-refractivity contribution in [3.8, 4) is 0 Å². The first kappa shape index (κ1) is 12.4. The molecular weight excluding hydrogens is 212 g/mol. The van der Waals surface area contributed by atoms with Gasteiger partial charge < -0.3 is 15.7 Å². The fourth-order valence-electron chi connectivity index (χ4n) is 2.01. The smallest absolute Gasteiger partial charge is 0.318 e. The summed E-state index contributed by atoms with van der Waals surface area (Å²) in [7, 11) is 0. The zero-order valence-corrected chi connectivity index (χ0v) is 8.80. The Morgan fingerprint density at radius 2 is 1.88 bits per heavy atom. The van der Waals surface area contributed by atoms with E-state index in [-0.39, 0.29) is 12.1 Å². The van der Waals surface area contributed by atoms with E-state index in [2.05, 4.69) is 4.79 Å². The van der Waals surface area contributed by atoms with Crippen molar-refractivity contribution in [2.75, 3.05) is 0 Å². The average Bonchev–Trinajstić information content (AvgIpc) is 2.16. The van der Waals surface area contributed by atoms with Crippen molar-refractivity contribution >= 4 is 17.7 Å². The third-order valence-corrected chi connectivity index (χ3v) is 2.97. The van der Waals surface area contributed by atoms with E-state index in [1.165, 1.54) is 0 Å². The summed E-state index contributed by atoms with van der Waals surface area (Å²) in [5.41, 5.74) is 8.91. The lowest BCUT2D eigenvalue weighted by molar-refractivity contribution is -0.142. The van der Waals surface area contributed by atoms with E-state index in [4.69, 9.17) is 15.7 Å². The number of hydrogen-bond acceptors (Lipinski definition) is 2. The summed E-state index contributed by atoms with van der Waals surface area (Å²) in [5.74, 6) is -3.13. The first-order valence-corrected chi connectivity index (χ1v) is 5.22. The Morgan fingerprint density at radius 3 is 2.38 bits per heavy atom. The van der Waals surface area contributed by atoms with Crippen LogP contribution in [0.15, 0.2) is 0 Å². The van der Waals surface area contributed by atoms with Crippen molar-refractivity contribution in [3.05, 3.63) is 5.53 Å². The Bertz CT molecular complexity index is 347. The summed E-state index contributed by atoms with van der Waals surface area (Å²) < 4.78 is 0. The number of carboxylic acids is 2. The SMILES string of the molecule is [N-]=[N+]=C1CCC(C(=O)O)CCCC1C(=O)O. The zero-order valence-electron chi connectivity index (χ0n) is 8.80. The van der Waals surface area contributed by atoms with Crippen LogP contribution in [0.4, 0.5) is 0 Å². The highest BCUT2D eigenvalue weighted by Crippen LogP contribution is 2.24. The summed E-state index contributed by atoms with van der Waals surface area (Å²) in [4.78, 5) is 24.7. The van der Waals surface area contributed by atoms with Crippen LogP contribution in [0.3, 0.4) is 0 Å². The van der Waals surface area contributed by atoms with Crippen molar-refractivity contribution in [1.82, 2.24) is 0 Å². The molecule has 0 saturated heterocycles. The summed E-state index contributed by atoms with van der Waals surface area (Å²) in [6, 6.07) is 0. The van der Waals surface area contributed by atoms with Gasteiger partial charge in [0.25, 0.3) is 5.71 Å². The second-order valence-corrected chi connectivity index (χ2v) is 3.99. The Balaban J connectivity index is 2.77. The molecule has 0 radical (unpaired) electrons. The van der Waals surface area contributed by atoms with E-state index >= 15 is 0 Å². The lowest BCUT2D eigenvalue weighted by Crippen LogP contribution is -2.28. The van der Waals surface area contributed by atoms with Crippen LogP contribution in [0, 0.1) is 11.8 Å². The van der Waals surface area contributed by atoms with Crippen molar-refractivity contribution < 1.29 is 24.6 Å². The molecule has 0 bridgehead atoms. The predicted molar refractivity (Wildman–Crippen MR) is 54.0 cm³/mol. The van der Waals surface area contributed by atoms with E-state index in [1.54, 1.807) is 0 Å². The highest BCUT2D eigenvalue weighted by molar-refractivity contribution is 5.98. The highest BCUT2D eigenvalue weighted by atomic mass is 16.4. The molecule has 1 aliphatic carbocycles. The van der Waals surface area contributed by atoms with Gasteiger partial charge in [0.05, 0.1) is 5.92 Å². The number of rotatable bonds is 2. The standard InChI is InChI=1S/C10H14N2O4/c11-12-8-5-4-6(9(13)14)2-1-3-7(8)10(15)16/h6-7H,1-5H2,(H,13,14)(H,15,16). The molecular formula is C10H14N2O4. The van der Waals surface area contributed by atoms with Crippen LogP contribution in [-0.4, -0.2) is 32.7 Å². The molecule has 16 heavy (non-hydrogen) atoms. The van der Waals surface area contributed by atoms with E-state index in [0.29, 0.717) is 25.7 Å². The molecule has 1 fully saturated rings. The number of carboxylic acid groups (broad SMARTS) is 2. The molecule has 2 unspecified atom stereocenters. The maximum Gasteiger partial charge on any atom is 0.318 e. The summed E-state index contributed by atoms with van der Waals surface area (Å²) in [6.45, 7) is 0. The van der Waals surface area contributed by atoms with E-state index in [9.17, 15) is 9.59 Å². The minimum absolute atomic E-state index is 0.179. The van der Waals surface area contributed by atoms with Gasteiger partial charge in [-0.15, -0.1) is 0 Å². The lowest BCUT2D eigenvalue weighted by Gasteiger charge is -2.16. The zero-order chi connectivity index (χ0) is 12.1. The van der Waals surface area contributed by atoms with Gasteiger partial charge in [0, 0.05) is 6.42 Å². The quantitative estimate of drug-likeness (QED) is 0.540. The van der Waals surface area contributed by atoms with Crippen molar-refractivity contribution in [3.63, 3.8) is 0 Å². The maximum absolute atomic E-state index is 10.9. The highest BCUT2D eigenvalue weighted by Gasteiger charge is 2.34. The molecule has 0 aromatic rings. The normalized spacial score (nSPS) is 26.4. The van der Waals surface area contributed by atoms with Crippen molar-refractivity contribution in [2.45, 2.75) is 32.1 Å². The van der Waals surface area contributed by atoms with Crippen molar-refractivity contribution in [1.29, 1.82) is 0 Å². The van der Waals surface area contributed by atoms with E-state index < -0.39 is 23.8 Å². The molecule has 0 heterocycles. The van der Waals surface area contributed by atoms with Gasteiger partial charge in [0.2, 0.25) is 0 Å². The second kappa shape index (κ2) is 5.42. The molecule has 0 spiro atoms. The molecule has 0 amide bonds. The number of nitrogens with zero attached hydrogens (tertiary/aromatic N) is 2. The summed E-state index contributed by atoms with van der Waals surface area (Å²) >= 11 is 0. The fourth-order valence-corrected chi connectivity index (χ4v) is 2.01. The fraction of sp³-hybridized carbons (Fsp3) is 0.700. The molecule has 1 rings (SSSR count). The topological polar surface area (TPSA) is 111 Å². The third-order valence-electron chi connectivity index (χ3n) is 2.97. The molecule has 0 aliphatic heterocycles. The third kappa shape index (κ3) is 2.90. The van der Waals surface area contributed by atoms with Gasteiger partial charge in [-0.1, -0.05) is 6.42 Å². The average molecular weight is 226 g/mol. The maximum atomic E-state index is 10.9. The Kier molecular flexibility index (Phi) is 4.19. The van der Waals surface area contributed by atoms with Crippen LogP contribution < -0.4 is 0 Å². The van der Waals surface area contributed by atoms with Crippen LogP contribution >= 0.6 is 0 Å². The van der Waals surface area contributed by atoms with Gasteiger partial charge in [-0.05, 0) is 19.3 Å². The van der Waals surface area contributed by atoms with Gasteiger partial charge in [-0.2, -0.15) is 4.79 Å². The van der Waals surface area contributed by atoms with Gasteiger partial charge in [-0.3, -0.25) is 9.59 Å². The number of carbonyl (C=O) groups is 2. The van der Waals surface area contributed by atoms with Crippen molar-refractivity contribution in [2.24, 2.45) is 11.8 Å². The predicted octanol–water partition coefficient (Wildman–Crippen LogP) is 1.02. The Morgan fingerprint density at radius 1 is 1.19 bits per heavy atom. The van der Waals surface area contributed by atoms with Gasteiger partial charge in [-0.25, -0.2) is 0 Å². The van der Waals surface area contributed by atoms with Crippen LogP contribution in [0.1, 0.15) is 32.1 Å². The molecule has 2 N–H and O–H groups in total. The minimum atomic E-state index is -1.01. The monoisotopic (exact) mass is 226 g/mol. The molecule has 0 aromatic heterocycles. The molecule has 1 aliphatic rings. The Hall–Kier alpha value is -1.68. The van der Waals surface area contributed by atoms with E-state index in [0.717, 1.165) is 0 Å². The van der Waals surface area contributed by atoms with Gasteiger partial charge in [0.15, 0.2) is 5.92 Å². The summed E-state index contributed by atoms with van der Waals surface area (Å²) in [6.07, 6.45) is 1.90. The number of hydrogen-bond donors (Lipinski definition) is 2.